The lowest BCUT2D eigenvalue weighted by molar-refractivity contribution is -0.132. The fraction of sp³-hybridized carbons (Fsp3) is 0.611. The lowest BCUT2D eigenvalue weighted by atomic mass is 10.1. The summed E-state index contributed by atoms with van der Waals surface area (Å²) in [6.45, 7) is 4.55. The minimum absolute atomic E-state index is 0. The van der Waals surface area contributed by atoms with Gasteiger partial charge in [-0.2, -0.15) is 0 Å². The number of hydrogen-bond acceptors (Lipinski definition) is 2. The number of carbonyl (C=O) groups is 1. The van der Waals surface area contributed by atoms with Crippen LogP contribution in [-0.4, -0.2) is 29.9 Å². The first-order valence-corrected chi connectivity index (χ1v) is 8.44. The molecule has 0 spiro atoms. The Kier molecular flexibility index (Phi) is 9.19. The van der Waals surface area contributed by atoms with E-state index >= 15 is 0 Å². The van der Waals surface area contributed by atoms with Crippen LogP contribution in [0.2, 0.25) is 0 Å². The Morgan fingerprint density at radius 1 is 1.30 bits per heavy atom. The summed E-state index contributed by atoms with van der Waals surface area (Å²) in [6, 6.07) is 6.78. The van der Waals surface area contributed by atoms with Crippen LogP contribution < -0.4 is 5.32 Å². The van der Waals surface area contributed by atoms with Crippen molar-refractivity contribution < 1.29 is 9.18 Å². The van der Waals surface area contributed by atoms with Crippen molar-refractivity contribution in [1.82, 2.24) is 10.2 Å². The van der Waals surface area contributed by atoms with Crippen LogP contribution >= 0.6 is 12.4 Å². The van der Waals surface area contributed by atoms with Crippen molar-refractivity contribution in [3.05, 3.63) is 35.6 Å². The molecule has 1 aliphatic heterocycles. The van der Waals surface area contributed by atoms with Crippen molar-refractivity contribution in [3.63, 3.8) is 0 Å². The predicted octanol–water partition coefficient (Wildman–Crippen LogP) is 3.91. The molecule has 2 rings (SSSR count). The molecule has 1 saturated heterocycles. The Hall–Kier alpha value is -1.13. The molecular weight excluding hydrogens is 315 g/mol. The van der Waals surface area contributed by atoms with Gasteiger partial charge in [0.1, 0.15) is 5.82 Å². The molecule has 1 N–H and O–H groups in total. The molecule has 0 saturated carbocycles. The van der Waals surface area contributed by atoms with E-state index in [2.05, 4.69) is 12.2 Å². The van der Waals surface area contributed by atoms with Gasteiger partial charge in [0.15, 0.2) is 0 Å². The van der Waals surface area contributed by atoms with Crippen molar-refractivity contribution in [1.29, 1.82) is 0 Å². The van der Waals surface area contributed by atoms with Gasteiger partial charge in [0.2, 0.25) is 5.91 Å². The van der Waals surface area contributed by atoms with Gasteiger partial charge >= 0.3 is 0 Å². The van der Waals surface area contributed by atoms with E-state index in [9.17, 15) is 9.18 Å². The third-order valence-corrected chi connectivity index (χ3v) is 4.25. The van der Waals surface area contributed by atoms with E-state index in [1.54, 1.807) is 12.1 Å². The fourth-order valence-corrected chi connectivity index (χ4v) is 2.93. The smallest absolute Gasteiger partial charge is 0.224 e. The maximum Gasteiger partial charge on any atom is 0.224 e. The Balaban J connectivity index is 0.00000264. The molecule has 1 unspecified atom stereocenters. The van der Waals surface area contributed by atoms with Crippen LogP contribution in [0.3, 0.4) is 0 Å². The standard InChI is InChI=1S/C18H27FN2O.ClH/c1-2-3-4-12-21(14-15-7-9-16(19)10-8-15)18(22)13-17-6-5-11-20-17;/h7-10,17,20H,2-6,11-14H2,1H3;1H. The summed E-state index contributed by atoms with van der Waals surface area (Å²) in [5.74, 6) is -0.0254. The first-order chi connectivity index (χ1) is 10.7. The second kappa shape index (κ2) is 10.6. The molecule has 0 aliphatic carbocycles. The quantitative estimate of drug-likeness (QED) is 0.726. The summed E-state index contributed by atoms with van der Waals surface area (Å²) in [4.78, 5) is 14.5. The summed E-state index contributed by atoms with van der Waals surface area (Å²) < 4.78 is 13.0. The number of amides is 1. The molecule has 0 radical (unpaired) electrons. The van der Waals surface area contributed by atoms with Crippen LogP contribution in [0.1, 0.15) is 51.0 Å². The lowest BCUT2D eigenvalue weighted by Crippen LogP contribution is -2.36. The van der Waals surface area contributed by atoms with E-state index in [1.807, 2.05) is 4.90 Å². The van der Waals surface area contributed by atoms with E-state index in [4.69, 9.17) is 0 Å². The molecular formula is C18H28ClFN2O. The number of unbranched alkanes of at least 4 members (excludes halogenated alkanes) is 2. The zero-order valence-corrected chi connectivity index (χ0v) is 14.7. The Bertz CT molecular complexity index is 461. The third-order valence-electron chi connectivity index (χ3n) is 4.25. The van der Waals surface area contributed by atoms with Gasteiger partial charge in [0.05, 0.1) is 0 Å². The summed E-state index contributed by atoms with van der Waals surface area (Å²) in [6.07, 6.45) is 6.13. The minimum atomic E-state index is -0.234. The van der Waals surface area contributed by atoms with Crippen LogP contribution in [0, 0.1) is 5.82 Å². The van der Waals surface area contributed by atoms with Gasteiger partial charge < -0.3 is 10.2 Å². The van der Waals surface area contributed by atoms with Crippen molar-refractivity contribution in [2.75, 3.05) is 13.1 Å². The SMILES string of the molecule is CCCCCN(Cc1ccc(F)cc1)C(=O)CC1CCCN1.Cl. The fourth-order valence-electron chi connectivity index (χ4n) is 2.93. The van der Waals surface area contributed by atoms with E-state index in [0.29, 0.717) is 19.0 Å². The molecule has 1 fully saturated rings. The number of nitrogens with zero attached hydrogens (tertiary/aromatic N) is 1. The second-order valence-corrected chi connectivity index (χ2v) is 6.15. The summed E-state index contributed by atoms with van der Waals surface area (Å²) in [7, 11) is 0. The molecule has 1 aromatic rings. The van der Waals surface area contributed by atoms with Gasteiger partial charge in [0.25, 0.3) is 0 Å². The molecule has 1 aromatic carbocycles. The Morgan fingerprint density at radius 2 is 2.04 bits per heavy atom. The van der Waals surface area contributed by atoms with Crippen molar-refractivity contribution in [3.8, 4) is 0 Å². The molecule has 1 heterocycles. The number of carbonyl (C=O) groups excluding carboxylic acids is 1. The van der Waals surface area contributed by atoms with E-state index in [-0.39, 0.29) is 24.1 Å². The van der Waals surface area contributed by atoms with Gasteiger partial charge in [-0.15, -0.1) is 12.4 Å². The number of benzene rings is 1. The highest BCUT2D eigenvalue weighted by molar-refractivity contribution is 5.85. The molecule has 5 heteroatoms. The van der Waals surface area contributed by atoms with Crippen LogP contribution in [0.4, 0.5) is 4.39 Å². The molecule has 130 valence electrons. The van der Waals surface area contributed by atoms with Crippen LogP contribution in [0.25, 0.3) is 0 Å². The van der Waals surface area contributed by atoms with Gasteiger partial charge in [-0.05, 0) is 43.5 Å². The first-order valence-electron chi connectivity index (χ1n) is 8.44. The predicted molar refractivity (Wildman–Crippen MR) is 94.2 cm³/mol. The molecule has 23 heavy (non-hydrogen) atoms. The Labute approximate surface area is 145 Å². The van der Waals surface area contributed by atoms with E-state index in [0.717, 1.165) is 50.8 Å². The van der Waals surface area contributed by atoms with Gasteiger partial charge in [-0.25, -0.2) is 4.39 Å². The minimum Gasteiger partial charge on any atom is -0.338 e. The molecule has 1 amide bonds. The third kappa shape index (κ3) is 6.88. The van der Waals surface area contributed by atoms with Crippen molar-refractivity contribution in [2.45, 2.75) is 58.0 Å². The number of rotatable bonds is 8. The number of hydrogen-bond donors (Lipinski definition) is 1. The number of halogens is 2. The zero-order valence-electron chi connectivity index (χ0n) is 13.9. The topological polar surface area (TPSA) is 32.3 Å². The van der Waals surface area contributed by atoms with Gasteiger partial charge in [-0.3, -0.25) is 4.79 Å². The highest BCUT2D eigenvalue weighted by Crippen LogP contribution is 2.14. The maximum absolute atomic E-state index is 13.0. The monoisotopic (exact) mass is 342 g/mol. The second-order valence-electron chi connectivity index (χ2n) is 6.15. The van der Waals surface area contributed by atoms with Gasteiger partial charge in [0, 0.05) is 25.6 Å². The van der Waals surface area contributed by atoms with E-state index < -0.39 is 0 Å². The largest absolute Gasteiger partial charge is 0.338 e. The normalized spacial score (nSPS) is 16.9. The zero-order chi connectivity index (χ0) is 15.8. The van der Waals surface area contributed by atoms with Crippen LogP contribution in [0.5, 0.6) is 0 Å². The van der Waals surface area contributed by atoms with E-state index in [1.165, 1.54) is 12.1 Å². The molecule has 1 aliphatic rings. The average Bonchev–Trinajstić information content (AvgIpc) is 3.01. The highest BCUT2D eigenvalue weighted by Gasteiger charge is 2.21. The molecule has 1 atom stereocenters. The molecule has 3 nitrogen and oxygen atoms in total. The first kappa shape index (κ1) is 19.9. The Morgan fingerprint density at radius 3 is 2.65 bits per heavy atom. The number of nitrogens with one attached hydrogen (secondary N) is 1. The van der Waals surface area contributed by atoms with Gasteiger partial charge in [-0.1, -0.05) is 31.9 Å². The lowest BCUT2D eigenvalue weighted by Gasteiger charge is -2.24. The maximum atomic E-state index is 13.0. The average molecular weight is 343 g/mol. The summed E-state index contributed by atoms with van der Waals surface area (Å²) in [5, 5.41) is 3.38. The summed E-state index contributed by atoms with van der Waals surface area (Å²) in [5.41, 5.74) is 0.991. The molecule has 0 bridgehead atoms. The van der Waals surface area contributed by atoms with Crippen molar-refractivity contribution >= 4 is 18.3 Å². The van der Waals surface area contributed by atoms with Crippen LogP contribution in [-0.2, 0) is 11.3 Å². The highest BCUT2D eigenvalue weighted by atomic mass is 35.5. The van der Waals surface area contributed by atoms with Crippen molar-refractivity contribution in [2.24, 2.45) is 0 Å². The molecule has 0 aromatic heterocycles. The summed E-state index contributed by atoms with van der Waals surface area (Å²) >= 11 is 0. The van der Waals surface area contributed by atoms with Crippen LogP contribution in [0.15, 0.2) is 24.3 Å².